The zero-order valence-electron chi connectivity index (χ0n) is 12.7. The van der Waals surface area contributed by atoms with Crippen molar-refractivity contribution in [1.82, 2.24) is 10.2 Å². The first kappa shape index (κ1) is 16.0. The molecule has 1 aromatic rings. The molecule has 1 aliphatic rings. The number of nitrogens with one attached hydrogen (secondary N) is 1. The highest BCUT2D eigenvalue weighted by molar-refractivity contribution is 7.14. The average molecular weight is 305 g/mol. The Balaban J connectivity index is 1.88. The Labute approximate surface area is 130 Å². The Morgan fingerprint density at radius 2 is 2.24 bits per heavy atom. The zero-order valence-corrected chi connectivity index (χ0v) is 13.6. The molecule has 3 N–H and O–H groups in total. The number of rotatable bonds is 3. The molecule has 21 heavy (non-hydrogen) atoms. The molecular weight excluding hydrogens is 282 g/mol. The van der Waals surface area contributed by atoms with Gasteiger partial charge < -0.3 is 16.0 Å². The van der Waals surface area contributed by atoms with E-state index in [-0.39, 0.29) is 5.91 Å². The number of aryl methyl sites for hydroxylation is 1. The monoisotopic (exact) mass is 305 g/mol. The van der Waals surface area contributed by atoms with Gasteiger partial charge in [0.05, 0.1) is 16.3 Å². The third kappa shape index (κ3) is 4.57. The number of carbonyl (C=O) groups excluding carboxylic acids is 1. The van der Waals surface area contributed by atoms with Crippen LogP contribution in [0.15, 0.2) is 6.07 Å². The second-order valence-electron chi connectivity index (χ2n) is 5.59. The first-order valence-corrected chi connectivity index (χ1v) is 8.18. The van der Waals surface area contributed by atoms with Gasteiger partial charge in [-0.1, -0.05) is 11.8 Å². The van der Waals surface area contributed by atoms with Crippen molar-refractivity contribution in [2.45, 2.75) is 19.8 Å². The molecule has 1 saturated heterocycles. The van der Waals surface area contributed by atoms with Gasteiger partial charge in [-0.05, 0) is 57.5 Å². The maximum atomic E-state index is 12.2. The summed E-state index contributed by atoms with van der Waals surface area (Å²) in [5.41, 5.74) is 6.43. The summed E-state index contributed by atoms with van der Waals surface area (Å²) in [5, 5.41) is 3.06. The fourth-order valence-electron chi connectivity index (χ4n) is 2.44. The summed E-state index contributed by atoms with van der Waals surface area (Å²) in [6.45, 7) is 5.34. The van der Waals surface area contributed by atoms with Gasteiger partial charge in [0, 0.05) is 6.54 Å². The molecule has 0 aromatic carbocycles. The Hall–Kier alpha value is -1.35. The molecule has 1 amide bonds. The van der Waals surface area contributed by atoms with Crippen LogP contribution in [0, 0.1) is 24.7 Å². The summed E-state index contributed by atoms with van der Waals surface area (Å²) < 4.78 is 0. The molecule has 5 heteroatoms. The molecule has 0 saturated carbocycles. The predicted octanol–water partition coefficient (Wildman–Crippen LogP) is 1.44. The van der Waals surface area contributed by atoms with Gasteiger partial charge >= 0.3 is 0 Å². The Kier molecular flexibility index (Phi) is 5.80. The van der Waals surface area contributed by atoms with E-state index in [2.05, 4.69) is 29.1 Å². The van der Waals surface area contributed by atoms with E-state index in [1.807, 2.05) is 13.0 Å². The highest BCUT2D eigenvalue weighted by Crippen LogP contribution is 2.21. The second-order valence-corrected chi connectivity index (χ2v) is 6.64. The molecule has 0 aliphatic carbocycles. The molecule has 4 nitrogen and oxygen atoms in total. The number of nitrogens with zero attached hydrogens (tertiary/aromatic N) is 1. The Bertz CT molecular complexity index is 548. The lowest BCUT2D eigenvalue weighted by molar-refractivity contribution is 0.0943. The van der Waals surface area contributed by atoms with Crippen molar-refractivity contribution in [1.29, 1.82) is 0 Å². The Morgan fingerprint density at radius 3 is 2.90 bits per heavy atom. The fraction of sp³-hybridized carbons (Fsp3) is 0.562. The molecule has 0 radical (unpaired) electrons. The van der Waals surface area contributed by atoms with Crippen LogP contribution in [-0.2, 0) is 0 Å². The topological polar surface area (TPSA) is 58.4 Å². The van der Waals surface area contributed by atoms with Crippen molar-refractivity contribution in [3.05, 3.63) is 21.4 Å². The number of amides is 1. The van der Waals surface area contributed by atoms with Crippen LogP contribution in [0.1, 0.15) is 33.0 Å². The molecular formula is C16H23N3OS. The predicted molar refractivity (Wildman–Crippen MR) is 87.5 cm³/mol. The van der Waals surface area contributed by atoms with Crippen molar-refractivity contribution >= 4 is 17.2 Å². The lowest BCUT2D eigenvalue weighted by atomic mass is 9.97. The van der Waals surface area contributed by atoms with Gasteiger partial charge in [-0.3, -0.25) is 4.79 Å². The normalized spacial score (nSPS) is 16.3. The summed E-state index contributed by atoms with van der Waals surface area (Å²) in [5.74, 6) is 6.47. The molecule has 1 aromatic heterocycles. The van der Waals surface area contributed by atoms with E-state index in [0.29, 0.717) is 12.5 Å². The lowest BCUT2D eigenvalue weighted by Gasteiger charge is -2.28. The molecule has 0 atom stereocenters. The molecule has 1 fully saturated rings. The standard InChI is InChI=1S/C16H23N3OS/c1-12-10-15(21-14(12)4-3-7-17)16(20)18-11-13-5-8-19(2)9-6-13/h10,13H,5-9,11,17H2,1-2H3,(H,18,20). The smallest absolute Gasteiger partial charge is 0.261 e. The zero-order chi connectivity index (χ0) is 15.2. The quantitative estimate of drug-likeness (QED) is 0.831. The van der Waals surface area contributed by atoms with Crippen LogP contribution in [0.5, 0.6) is 0 Å². The van der Waals surface area contributed by atoms with Gasteiger partial charge in [-0.25, -0.2) is 0 Å². The van der Waals surface area contributed by atoms with E-state index in [9.17, 15) is 4.79 Å². The summed E-state index contributed by atoms with van der Waals surface area (Å²) >= 11 is 1.45. The number of piperidine rings is 1. The molecule has 114 valence electrons. The van der Waals surface area contributed by atoms with Gasteiger partial charge in [0.2, 0.25) is 0 Å². The minimum absolute atomic E-state index is 0.0165. The van der Waals surface area contributed by atoms with Crippen LogP contribution in [0.4, 0.5) is 0 Å². The largest absolute Gasteiger partial charge is 0.351 e. The van der Waals surface area contributed by atoms with Crippen LogP contribution in [0.25, 0.3) is 0 Å². The molecule has 0 unspecified atom stereocenters. The third-order valence-electron chi connectivity index (χ3n) is 3.83. The SMILES string of the molecule is Cc1cc(C(=O)NCC2CCN(C)CC2)sc1C#CCN. The van der Waals surface area contributed by atoms with Crippen molar-refractivity contribution in [3.8, 4) is 11.8 Å². The molecule has 2 rings (SSSR count). The number of carbonyl (C=O) groups is 1. The van der Waals surface area contributed by atoms with Crippen molar-refractivity contribution in [2.24, 2.45) is 11.7 Å². The van der Waals surface area contributed by atoms with Gasteiger partial charge in [-0.15, -0.1) is 11.3 Å². The molecule has 0 bridgehead atoms. The van der Waals surface area contributed by atoms with E-state index in [0.717, 1.165) is 47.8 Å². The number of nitrogens with two attached hydrogens (primary N) is 1. The minimum Gasteiger partial charge on any atom is -0.351 e. The van der Waals surface area contributed by atoms with Gasteiger partial charge in [0.25, 0.3) is 5.91 Å². The van der Waals surface area contributed by atoms with Gasteiger partial charge in [0.15, 0.2) is 0 Å². The van der Waals surface area contributed by atoms with Crippen LogP contribution in [0.2, 0.25) is 0 Å². The molecule has 0 spiro atoms. The van der Waals surface area contributed by atoms with E-state index in [1.165, 1.54) is 11.3 Å². The highest BCUT2D eigenvalue weighted by Gasteiger charge is 2.18. The first-order chi connectivity index (χ1) is 10.1. The van der Waals surface area contributed by atoms with Gasteiger partial charge in [0.1, 0.15) is 0 Å². The minimum atomic E-state index is 0.0165. The second kappa shape index (κ2) is 7.60. The maximum Gasteiger partial charge on any atom is 0.261 e. The van der Waals surface area contributed by atoms with E-state index >= 15 is 0 Å². The van der Waals surface area contributed by atoms with E-state index in [4.69, 9.17) is 5.73 Å². The van der Waals surface area contributed by atoms with Crippen molar-refractivity contribution < 1.29 is 4.79 Å². The summed E-state index contributed by atoms with van der Waals surface area (Å²) in [6, 6.07) is 1.91. The third-order valence-corrected chi connectivity index (χ3v) is 4.99. The summed E-state index contributed by atoms with van der Waals surface area (Å²) in [6.07, 6.45) is 2.32. The van der Waals surface area contributed by atoms with Gasteiger partial charge in [-0.2, -0.15) is 0 Å². The van der Waals surface area contributed by atoms with Crippen molar-refractivity contribution in [2.75, 3.05) is 33.2 Å². The molecule has 1 aliphatic heterocycles. The van der Waals surface area contributed by atoms with Crippen molar-refractivity contribution in [3.63, 3.8) is 0 Å². The summed E-state index contributed by atoms with van der Waals surface area (Å²) in [7, 11) is 2.15. The van der Waals surface area contributed by atoms with Crippen LogP contribution in [0.3, 0.4) is 0 Å². The van der Waals surface area contributed by atoms with Crippen LogP contribution in [-0.4, -0.2) is 44.0 Å². The van der Waals surface area contributed by atoms with E-state index < -0.39 is 0 Å². The highest BCUT2D eigenvalue weighted by atomic mass is 32.1. The van der Waals surface area contributed by atoms with E-state index in [1.54, 1.807) is 0 Å². The van der Waals surface area contributed by atoms with Crippen LogP contribution >= 0.6 is 11.3 Å². The summed E-state index contributed by atoms with van der Waals surface area (Å²) in [4.78, 5) is 16.2. The number of hydrogen-bond acceptors (Lipinski definition) is 4. The first-order valence-electron chi connectivity index (χ1n) is 7.36. The van der Waals surface area contributed by atoms with Crippen LogP contribution < -0.4 is 11.1 Å². The number of hydrogen-bond donors (Lipinski definition) is 2. The number of thiophene rings is 1. The molecule has 2 heterocycles. The Morgan fingerprint density at radius 1 is 1.52 bits per heavy atom. The maximum absolute atomic E-state index is 12.2. The number of likely N-dealkylation sites (tertiary alicyclic amines) is 1. The fourth-order valence-corrected chi connectivity index (χ4v) is 3.40. The average Bonchev–Trinajstić information content (AvgIpc) is 2.85. The lowest BCUT2D eigenvalue weighted by Crippen LogP contribution is -2.36.